The minimum atomic E-state index is -4.27. The molecule has 2 aromatic carbocycles. The molecule has 0 unspecified atom stereocenters. The van der Waals surface area contributed by atoms with E-state index in [1.165, 1.54) is 6.07 Å². The molecule has 6 nitrogen and oxygen atoms in total. The summed E-state index contributed by atoms with van der Waals surface area (Å²) in [5, 5.41) is 0.988. The van der Waals surface area contributed by atoms with Gasteiger partial charge in [-0.15, -0.1) is 0 Å². The molecular weight excluding hydrogens is 451 g/mol. The number of anilines is 1. The number of oxazole rings is 1. The van der Waals surface area contributed by atoms with E-state index in [-0.39, 0.29) is 12.2 Å². The summed E-state index contributed by atoms with van der Waals surface area (Å²) in [6.45, 7) is 5.01. The van der Waals surface area contributed by atoms with Gasteiger partial charge in [-0.05, 0) is 49.8 Å². The van der Waals surface area contributed by atoms with Crippen molar-refractivity contribution >= 4 is 44.7 Å². The van der Waals surface area contributed by atoms with E-state index in [4.69, 9.17) is 4.42 Å². The average Bonchev–Trinajstić information content (AvgIpc) is 3.24. The van der Waals surface area contributed by atoms with Crippen LogP contribution in [0.15, 0.2) is 68.5 Å². The van der Waals surface area contributed by atoms with Crippen molar-refractivity contribution in [1.29, 1.82) is 0 Å². The number of rotatable bonds is 7. The molecule has 0 bridgehead atoms. The topological polar surface area (TPSA) is 77.5 Å². The Labute approximate surface area is 190 Å². The predicted octanol–water partition coefficient (Wildman–Crippen LogP) is 4.67. The van der Waals surface area contributed by atoms with Crippen molar-refractivity contribution in [2.45, 2.75) is 31.7 Å². The fraction of sp³-hybridized carbons (Fsp3) is 0.261. The molecule has 0 spiro atoms. The molecule has 9 heteroatoms. The van der Waals surface area contributed by atoms with Crippen LogP contribution < -0.4 is 9.47 Å². The number of hydrogen-bond acceptors (Lipinski definition) is 6. The van der Waals surface area contributed by atoms with Gasteiger partial charge in [0.2, 0.25) is 5.58 Å². The summed E-state index contributed by atoms with van der Waals surface area (Å²) in [7, 11) is -4.27. The van der Waals surface area contributed by atoms with Gasteiger partial charge in [-0.25, -0.2) is 12.8 Å². The van der Waals surface area contributed by atoms with Gasteiger partial charge in [0.25, 0.3) is 5.52 Å². The lowest BCUT2D eigenvalue weighted by atomic mass is 10.2. The van der Waals surface area contributed by atoms with Gasteiger partial charge in [-0.1, -0.05) is 23.9 Å². The molecule has 1 aliphatic heterocycles. The standard InChI is InChI=1S/C23H23FN2O4S2/c1-3-25-19-15-17(24)9-10-21(19)31-23(25)14-16(2)13-22-26(11-6-12-32(27,28)29)18-7-4-5-8-20(18)30-22/h4-5,7-10,13-15H,3,6,11-12H2,1-2H3. The molecule has 0 saturated carbocycles. The second-order valence-corrected chi connectivity index (χ2v) is 10.1. The smallest absolute Gasteiger partial charge is 0.374 e. The van der Waals surface area contributed by atoms with Crippen LogP contribution in [-0.4, -0.2) is 25.3 Å². The van der Waals surface area contributed by atoms with Crippen molar-refractivity contribution in [3.05, 3.63) is 70.9 Å². The second kappa shape index (κ2) is 9.09. The molecule has 4 rings (SSSR count). The number of benzene rings is 2. The first kappa shape index (κ1) is 22.6. The molecule has 168 valence electrons. The van der Waals surface area contributed by atoms with Gasteiger partial charge < -0.3 is 13.9 Å². The molecule has 0 radical (unpaired) electrons. The Morgan fingerprint density at radius 2 is 2.06 bits per heavy atom. The molecule has 0 fully saturated rings. The first-order valence-electron chi connectivity index (χ1n) is 10.2. The van der Waals surface area contributed by atoms with E-state index >= 15 is 0 Å². The summed E-state index contributed by atoms with van der Waals surface area (Å²) < 4.78 is 54.7. The molecule has 0 amide bonds. The van der Waals surface area contributed by atoms with E-state index in [2.05, 4.69) is 4.90 Å². The molecule has 3 aromatic rings. The van der Waals surface area contributed by atoms with Gasteiger partial charge in [0.15, 0.2) is 6.54 Å². The molecule has 32 heavy (non-hydrogen) atoms. The number of para-hydroxylation sites is 2. The number of aromatic nitrogens is 1. The zero-order chi connectivity index (χ0) is 22.9. The quantitative estimate of drug-likeness (QED) is 0.366. The number of halogens is 1. The minimum Gasteiger partial charge on any atom is -0.748 e. The Bertz CT molecular complexity index is 1330. The number of hydrogen-bond donors (Lipinski definition) is 0. The predicted molar refractivity (Wildman–Crippen MR) is 123 cm³/mol. The highest BCUT2D eigenvalue weighted by Gasteiger charge is 2.25. The Morgan fingerprint density at radius 3 is 2.81 bits per heavy atom. The van der Waals surface area contributed by atoms with Gasteiger partial charge in [0.1, 0.15) is 5.82 Å². The highest BCUT2D eigenvalue weighted by atomic mass is 32.2. The van der Waals surface area contributed by atoms with Crippen molar-refractivity contribution in [2.24, 2.45) is 0 Å². The summed E-state index contributed by atoms with van der Waals surface area (Å²) in [5.74, 6) is -0.124. The van der Waals surface area contributed by atoms with Crippen LogP contribution in [0.1, 0.15) is 26.2 Å². The van der Waals surface area contributed by atoms with E-state index < -0.39 is 15.9 Å². The Hall–Kier alpha value is -2.62. The molecule has 0 saturated heterocycles. The van der Waals surface area contributed by atoms with Crippen molar-refractivity contribution < 1.29 is 26.3 Å². The third-order valence-electron chi connectivity index (χ3n) is 5.12. The summed E-state index contributed by atoms with van der Waals surface area (Å²) in [6.07, 6.45) is 4.10. The highest BCUT2D eigenvalue weighted by Crippen LogP contribution is 2.46. The van der Waals surface area contributed by atoms with E-state index in [1.807, 2.05) is 54.8 Å². The lowest BCUT2D eigenvalue weighted by Gasteiger charge is -2.18. The molecule has 2 heterocycles. The summed E-state index contributed by atoms with van der Waals surface area (Å²) in [4.78, 5) is 3.07. The SMILES string of the molecule is CCN1C(=CC(C)=Cc2oc3ccccc3[n+]2CCCS(=O)(=O)[O-])Sc2ccc(F)cc21. The zero-order valence-corrected chi connectivity index (χ0v) is 19.4. The number of fused-ring (bicyclic) bond motifs is 2. The van der Waals surface area contributed by atoms with Crippen LogP contribution in [0.2, 0.25) is 0 Å². The van der Waals surface area contributed by atoms with Crippen molar-refractivity contribution in [3.63, 3.8) is 0 Å². The van der Waals surface area contributed by atoms with Gasteiger partial charge >= 0.3 is 5.89 Å². The van der Waals surface area contributed by atoms with Crippen LogP contribution >= 0.6 is 11.8 Å². The Morgan fingerprint density at radius 1 is 1.28 bits per heavy atom. The first-order chi connectivity index (χ1) is 15.2. The lowest BCUT2D eigenvalue weighted by molar-refractivity contribution is -0.677. The highest BCUT2D eigenvalue weighted by molar-refractivity contribution is 8.03. The second-order valence-electron chi connectivity index (χ2n) is 7.50. The van der Waals surface area contributed by atoms with E-state index in [1.54, 1.807) is 23.9 Å². The maximum atomic E-state index is 13.7. The van der Waals surface area contributed by atoms with Crippen molar-refractivity contribution in [3.8, 4) is 0 Å². The average molecular weight is 475 g/mol. The monoisotopic (exact) mass is 474 g/mol. The third-order valence-corrected chi connectivity index (χ3v) is 7.02. The number of aryl methyl sites for hydroxylation is 1. The van der Waals surface area contributed by atoms with Crippen LogP contribution in [0, 0.1) is 5.82 Å². The summed E-state index contributed by atoms with van der Waals surface area (Å²) >= 11 is 1.58. The Kier molecular flexibility index (Phi) is 6.41. The van der Waals surface area contributed by atoms with Crippen LogP contribution in [0.4, 0.5) is 10.1 Å². The van der Waals surface area contributed by atoms with Gasteiger partial charge in [0.05, 0.1) is 26.9 Å². The maximum Gasteiger partial charge on any atom is 0.374 e. The minimum absolute atomic E-state index is 0.196. The van der Waals surface area contributed by atoms with Crippen molar-refractivity contribution in [2.75, 3.05) is 17.2 Å². The normalized spacial score (nSPS) is 15.7. The van der Waals surface area contributed by atoms with E-state index in [0.29, 0.717) is 24.6 Å². The van der Waals surface area contributed by atoms with Crippen LogP contribution in [0.25, 0.3) is 17.2 Å². The molecule has 1 aromatic heterocycles. The lowest BCUT2D eigenvalue weighted by Crippen LogP contribution is -2.36. The zero-order valence-electron chi connectivity index (χ0n) is 17.7. The van der Waals surface area contributed by atoms with Gasteiger partial charge in [0, 0.05) is 29.7 Å². The number of allylic oxidation sites excluding steroid dienone is 2. The number of thioether (sulfide) groups is 1. The van der Waals surface area contributed by atoms with Crippen LogP contribution in [0.3, 0.4) is 0 Å². The maximum absolute atomic E-state index is 13.7. The fourth-order valence-corrected chi connectivity index (χ4v) is 5.43. The number of nitrogens with zero attached hydrogens (tertiary/aromatic N) is 2. The van der Waals surface area contributed by atoms with Crippen molar-refractivity contribution in [1.82, 2.24) is 0 Å². The Balaban J connectivity index is 1.66. The first-order valence-corrected chi connectivity index (χ1v) is 12.6. The largest absolute Gasteiger partial charge is 0.748 e. The molecule has 0 aliphatic carbocycles. The summed E-state index contributed by atoms with van der Waals surface area (Å²) in [5.41, 5.74) is 3.28. The molecule has 1 aliphatic rings. The van der Waals surface area contributed by atoms with Crippen LogP contribution in [0.5, 0.6) is 0 Å². The molecule has 0 N–H and O–H groups in total. The molecular formula is C23H23FN2O4S2. The summed E-state index contributed by atoms with van der Waals surface area (Å²) in [6, 6.07) is 12.3. The van der Waals surface area contributed by atoms with Gasteiger partial charge in [-0.3, -0.25) is 0 Å². The van der Waals surface area contributed by atoms with Crippen LogP contribution in [-0.2, 0) is 16.7 Å². The van der Waals surface area contributed by atoms with E-state index in [0.717, 1.165) is 26.7 Å². The fourth-order valence-electron chi connectivity index (χ4n) is 3.73. The third kappa shape index (κ3) is 4.90. The molecule has 0 atom stereocenters. The van der Waals surface area contributed by atoms with E-state index in [9.17, 15) is 17.4 Å². The van der Waals surface area contributed by atoms with Gasteiger partial charge in [-0.2, -0.15) is 4.57 Å².